The second-order valence-corrected chi connectivity index (χ2v) is 5.03. The van der Waals surface area contributed by atoms with Gasteiger partial charge in [-0.15, -0.1) is 0 Å². The zero-order valence-corrected chi connectivity index (χ0v) is 11.4. The monoisotopic (exact) mass is 248 g/mol. The molecule has 0 radical (unpaired) electrons. The normalized spacial score (nSPS) is 22.1. The molecule has 0 bridgehead atoms. The number of nitrogens with zero attached hydrogens (tertiary/aromatic N) is 1. The SMILES string of the molecule is CCOc1ccccc1C(C)N1CCC(CN)C1. The van der Waals surface area contributed by atoms with E-state index in [1.54, 1.807) is 0 Å². The van der Waals surface area contributed by atoms with Crippen LogP contribution in [0.2, 0.25) is 0 Å². The molecule has 18 heavy (non-hydrogen) atoms. The Balaban J connectivity index is 2.11. The highest BCUT2D eigenvalue weighted by atomic mass is 16.5. The average Bonchev–Trinajstić information content (AvgIpc) is 2.88. The molecular weight excluding hydrogens is 224 g/mol. The molecule has 2 unspecified atom stereocenters. The summed E-state index contributed by atoms with van der Waals surface area (Å²) in [6.07, 6.45) is 1.22. The smallest absolute Gasteiger partial charge is 0.124 e. The van der Waals surface area contributed by atoms with Crippen molar-refractivity contribution >= 4 is 0 Å². The summed E-state index contributed by atoms with van der Waals surface area (Å²) in [5.74, 6) is 1.68. The highest BCUT2D eigenvalue weighted by Gasteiger charge is 2.27. The van der Waals surface area contributed by atoms with Crippen molar-refractivity contribution < 1.29 is 4.74 Å². The van der Waals surface area contributed by atoms with Crippen LogP contribution in [0.5, 0.6) is 5.75 Å². The van der Waals surface area contributed by atoms with Gasteiger partial charge < -0.3 is 10.5 Å². The average molecular weight is 248 g/mol. The summed E-state index contributed by atoms with van der Waals surface area (Å²) < 4.78 is 5.72. The molecule has 1 aromatic carbocycles. The minimum absolute atomic E-state index is 0.407. The Hall–Kier alpha value is -1.06. The summed E-state index contributed by atoms with van der Waals surface area (Å²) in [6, 6.07) is 8.76. The first-order valence-electron chi connectivity index (χ1n) is 6.92. The Morgan fingerprint density at radius 1 is 1.44 bits per heavy atom. The second-order valence-electron chi connectivity index (χ2n) is 5.03. The minimum Gasteiger partial charge on any atom is -0.494 e. The van der Waals surface area contributed by atoms with Crippen LogP contribution in [-0.2, 0) is 0 Å². The standard InChI is InChI=1S/C15H24N2O/c1-3-18-15-7-5-4-6-14(15)12(2)17-9-8-13(10-16)11-17/h4-7,12-13H,3,8-11,16H2,1-2H3. The van der Waals surface area contributed by atoms with Gasteiger partial charge in [0.25, 0.3) is 0 Å². The molecule has 3 nitrogen and oxygen atoms in total. The quantitative estimate of drug-likeness (QED) is 0.869. The third-order valence-electron chi connectivity index (χ3n) is 3.87. The summed E-state index contributed by atoms with van der Waals surface area (Å²) in [5, 5.41) is 0. The maximum Gasteiger partial charge on any atom is 0.124 e. The number of ether oxygens (including phenoxy) is 1. The number of rotatable bonds is 5. The van der Waals surface area contributed by atoms with Crippen LogP contribution in [0.25, 0.3) is 0 Å². The Bertz CT molecular complexity index is 381. The van der Waals surface area contributed by atoms with E-state index in [-0.39, 0.29) is 0 Å². The lowest BCUT2D eigenvalue weighted by atomic mass is 10.1. The van der Waals surface area contributed by atoms with E-state index < -0.39 is 0 Å². The van der Waals surface area contributed by atoms with Gasteiger partial charge in [0, 0.05) is 18.2 Å². The van der Waals surface area contributed by atoms with Crippen LogP contribution >= 0.6 is 0 Å². The fraction of sp³-hybridized carbons (Fsp3) is 0.600. The number of hydrogen-bond donors (Lipinski definition) is 1. The lowest BCUT2D eigenvalue weighted by Crippen LogP contribution is -2.26. The number of para-hydroxylation sites is 1. The van der Waals surface area contributed by atoms with Crippen LogP contribution in [0.1, 0.15) is 31.9 Å². The highest BCUT2D eigenvalue weighted by molar-refractivity contribution is 5.35. The molecule has 0 spiro atoms. The van der Waals surface area contributed by atoms with Crippen molar-refractivity contribution in [1.82, 2.24) is 4.90 Å². The van der Waals surface area contributed by atoms with E-state index in [4.69, 9.17) is 10.5 Å². The fourth-order valence-corrected chi connectivity index (χ4v) is 2.72. The predicted octanol–water partition coefficient (Wildman–Crippen LogP) is 2.43. The molecule has 0 aliphatic carbocycles. The zero-order chi connectivity index (χ0) is 13.0. The first-order chi connectivity index (χ1) is 8.76. The molecule has 0 amide bonds. The third-order valence-corrected chi connectivity index (χ3v) is 3.87. The van der Waals surface area contributed by atoms with E-state index in [0.29, 0.717) is 12.0 Å². The topological polar surface area (TPSA) is 38.5 Å². The fourth-order valence-electron chi connectivity index (χ4n) is 2.72. The molecule has 0 aromatic heterocycles. The number of nitrogens with two attached hydrogens (primary N) is 1. The maximum atomic E-state index is 5.76. The molecule has 1 aliphatic heterocycles. The van der Waals surface area contributed by atoms with Crippen LogP contribution in [0, 0.1) is 5.92 Å². The van der Waals surface area contributed by atoms with Gasteiger partial charge in [0.2, 0.25) is 0 Å². The summed E-state index contributed by atoms with van der Waals surface area (Å²) in [6.45, 7) is 8.06. The summed E-state index contributed by atoms with van der Waals surface area (Å²) in [5.41, 5.74) is 7.05. The van der Waals surface area contributed by atoms with Gasteiger partial charge in [0.1, 0.15) is 5.75 Å². The van der Waals surface area contributed by atoms with Gasteiger partial charge in [0.05, 0.1) is 6.61 Å². The lowest BCUT2D eigenvalue weighted by Gasteiger charge is -2.26. The van der Waals surface area contributed by atoms with Gasteiger partial charge in [-0.3, -0.25) is 4.90 Å². The summed E-state index contributed by atoms with van der Waals surface area (Å²) in [4.78, 5) is 2.51. The predicted molar refractivity (Wildman–Crippen MR) is 74.8 cm³/mol. The van der Waals surface area contributed by atoms with Crippen LogP contribution in [0.15, 0.2) is 24.3 Å². The van der Waals surface area contributed by atoms with Gasteiger partial charge >= 0.3 is 0 Å². The molecule has 100 valence electrons. The van der Waals surface area contributed by atoms with Gasteiger partial charge in [-0.2, -0.15) is 0 Å². The van der Waals surface area contributed by atoms with E-state index in [1.807, 2.05) is 13.0 Å². The largest absolute Gasteiger partial charge is 0.494 e. The van der Waals surface area contributed by atoms with Crippen molar-refractivity contribution in [2.24, 2.45) is 11.7 Å². The Morgan fingerprint density at radius 2 is 2.22 bits per heavy atom. The van der Waals surface area contributed by atoms with Crippen molar-refractivity contribution in [1.29, 1.82) is 0 Å². The summed E-state index contributed by atoms with van der Waals surface area (Å²) >= 11 is 0. The van der Waals surface area contributed by atoms with Crippen LogP contribution < -0.4 is 10.5 Å². The third kappa shape index (κ3) is 2.85. The van der Waals surface area contributed by atoms with Gasteiger partial charge in [-0.25, -0.2) is 0 Å². The second kappa shape index (κ2) is 6.21. The zero-order valence-electron chi connectivity index (χ0n) is 11.4. The highest BCUT2D eigenvalue weighted by Crippen LogP contribution is 2.32. The van der Waals surface area contributed by atoms with Crippen molar-refractivity contribution in [2.45, 2.75) is 26.3 Å². The van der Waals surface area contributed by atoms with Gasteiger partial charge in [0.15, 0.2) is 0 Å². The van der Waals surface area contributed by atoms with Crippen LogP contribution in [-0.4, -0.2) is 31.1 Å². The number of benzene rings is 1. The Morgan fingerprint density at radius 3 is 2.89 bits per heavy atom. The van der Waals surface area contributed by atoms with E-state index in [9.17, 15) is 0 Å². The van der Waals surface area contributed by atoms with E-state index in [2.05, 4.69) is 30.0 Å². The molecule has 1 fully saturated rings. The minimum atomic E-state index is 0.407. The molecule has 1 aromatic rings. The number of hydrogen-bond acceptors (Lipinski definition) is 3. The molecule has 1 heterocycles. The van der Waals surface area contributed by atoms with E-state index in [0.717, 1.165) is 32.0 Å². The molecule has 2 N–H and O–H groups in total. The molecule has 2 atom stereocenters. The molecule has 1 aliphatic rings. The van der Waals surface area contributed by atoms with E-state index >= 15 is 0 Å². The van der Waals surface area contributed by atoms with Crippen molar-refractivity contribution in [3.05, 3.63) is 29.8 Å². The first-order valence-corrected chi connectivity index (χ1v) is 6.92. The van der Waals surface area contributed by atoms with Gasteiger partial charge in [-0.1, -0.05) is 18.2 Å². The molecule has 2 rings (SSSR count). The van der Waals surface area contributed by atoms with Crippen molar-refractivity contribution in [3.8, 4) is 5.75 Å². The molecular formula is C15H24N2O. The molecule has 3 heteroatoms. The molecule has 0 saturated carbocycles. The van der Waals surface area contributed by atoms with Crippen LogP contribution in [0.4, 0.5) is 0 Å². The maximum absolute atomic E-state index is 5.76. The summed E-state index contributed by atoms with van der Waals surface area (Å²) in [7, 11) is 0. The Kier molecular flexibility index (Phi) is 4.61. The van der Waals surface area contributed by atoms with Crippen LogP contribution in [0.3, 0.4) is 0 Å². The van der Waals surface area contributed by atoms with Crippen molar-refractivity contribution in [2.75, 3.05) is 26.2 Å². The van der Waals surface area contributed by atoms with E-state index in [1.165, 1.54) is 12.0 Å². The molecule has 1 saturated heterocycles. The lowest BCUT2D eigenvalue weighted by molar-refractivity contribution is 0.243. The van der Waals surface area contributed by atoms with Crippen molar-refractivity contribution in [3.63, 3.8) is 0 Å². The first kappa shape index (κ1) is 13.4. The Labute approximate surface area is 110 Å². The number of likely N-dealkylation sites (tertiary alicyclic amines) is 1. The van der Waals surface area contributed by atoms with Gasteiger partial charge in [-0.05, 0) is 45.3 Å².